The van der Waals surface area contributed by atoms with Crippen LogP contribution in [0.2, 0.25) is 0 Å². The monoisotopic (exact) mass is 256 g/mol. The summed E-state index contributed by atoms with van der Waals surface area (Å²) in [5.74, 6) is -0.0407. The number of H-pyrrole nitrogens is 1. The topological polar surface area (TPSA) is 62.0 Å². The Morgan fingerprint density at radius 2 is 1.89 bits per heavy atom. The van der Waals surface area contributed by atoms with Gasteiger partial charge < -0.3 is 10.3 Å². The van der Waals surface area contributed by atoms with E-state index in [1.54, 1.807) is 12.1 Å². The van der Waals surface area contributed by atoms with Gasteiger partial charge in [-0.25, -0.2) is 0 Å². The summed E-state index contributed by atoms with van der Waals surface area (Å²) in [6.07, 6.45) is 0. The molecule has 0 aliphatic rings. The summed E-state index contributed by atoms with van der Waals surface area (Å²) in [6, 6.07) is 14.5. The summed E-state index contributed by atoms with van der Waals surface area (Å²) in [5.41, 5.74) is 1.18. The molecule has 0 aliphatic heterocycles. The van der Waals surface area contributed by atoms with E-state index in [1.807, 2.05) is 37.3 Å². The number of hydrogen-bond donors (Lipinski definition) is 2. The van der Waals surface area contributed by atoms with Gasteiger partial charge in [0.1, 0.15) is 5.69 Å². The number of rotatable bonds is 4. The molecule has 1 heterocycles. The summed E-state index contributed by atoms with van der Waals surface area (Å²) < 4.78 is 0. The van der Waals surface area contributed by atoms with E-state index in [1.165, 1.54) is 11.6 Å². The van der Waals surface area contributed by atoms with E-state index in [4.69, 9.17) is 0 Å². The fraction of sp³-hybridized carbons (Fsp3) is 0.200. The molecule has 2 aromatic rings. The Morgan fingerprint density at radius 3 is 2.58 bits per heavy atom. The molecule has 0 spiro atoms. The molecular weight excluding hydrogens is 240 g/mol. The zero-order chi connectivity index (χ0) is 13.7. The number of aromatic nitrogens is 1. The van der Waals surface area contributed by atoms with Crippen LogP contribution in [0.4, 0.5) is 0 Å². The summed E-state index contributed by atoms with van der Waals surface area (Å²) in [6.45, 7) is 2.57. The van der Waals surface area contributed by atoms with E-state index < -0.39 is 0 Å². The van der Waals surface area contributed by atoms with Gasteiger partial charge in [0.2, 0.25) is 5.56 Å². The molecule has 98 valence electrons. The molecule has 1 unspecified atom stereocenters. The van der Waals surface area contributed by atoms with Crippen LogP contribution >= 0.6 is 0 Å². The van der Waals surface area contributed by atoms with Crippen molar-refractivity contribution in [1.29, 1.82) is 0 Å². The average molecular weight is 256 g/mol. The first-order chi connectivity index (χ1) is 9.16. The number of hydrogen-bond acceptors (Lipinski definition) is 2. The Hall–Kier alpha value is -2.36. The molecule has 2 rings (SSSR count). The number of amides is 1. The quantitative estimate of drug-likeness (QED) is 0.877. The van der Waals surface area contributed by atoms with Gasteiger partial charge in [0.25, 0.3) is 5.91 Å². The minimum absolute atomic E-state index is 0.223. The number of nitrogens with one attached hydrogen (secondary N) is 2. The Labute approximate surface area is 111 Å². The van der Waals surface area contributed by atoms with Crippen molar-refractivity contribution >= 4 is 5.91 Å². The van der Waals surface area contributed by atoms with Gasteiger partial charge in [-0.1, -0.05) is 43.3 Å². The molecular formula is C15H16N2O2. The fourth-order valence-electron chi connectivity index (χ4n) is 1.82. The Morgan fingerprint density at radius 1 is 1.16 bits per heavy atom. The van der Waals surface area contributed by atoms with Crippen LogP contribution in [0.25, 0.3) is 0 Å². The lowest BCUT2D eigenvalue weighted by Gasteiger charge is -2.12. The lowest BCUT2D eigenvalue weighted by molar-refractivity contribution is 0.0946. The van der Waals surface area contributed by atoms with Crippen molar-refractivity contribution in [2.75, 3.05) is 6.54 Å². The number of aromatic amines is 1. The van der Waals surface area contributed by atoms with Gasteiger partial charge in [0.15, 0.2) is 0 Å². The van der Waals surface area contributed by atoms with Gasteiger partial charge in [-0.2, -0.15) is 0 Å². The van der Waals surface area contributed by atoms with Crippen LogP contribution in [0.3, 0.4) is 0 Å². The second-order valence-corrected chi connectivity index (χ2v) is 4.45. The third-order valence-electron chi connectivity index (χ3n) is 2.95. The van der Waals surface area contributed by atoms with E-state index in [2.05, 4.69) is 10.3 Å². The first kappa shape index (κ1) is 13.1. The standard InChI is InChI=1S/C15H16N2O2/c1-11(12-6-3-2-4-7-12)10-16-15(19)13-8-5-9-14(18)17-13/h2-9,11H,10H2,1H3,(H,16,19)(H,17,18). The zero-order valence-corrected chi connectivity index (χ0v) is 10.7. The van der Waals surface area contributed by atoms with Crippen molar-refractivity contribution in [2.24, 2.45) is 0 Å². The smallest absolute Gasteiger partial charge is 0.267 e. The molecule has 0 saturated carbocycles. The van der Waals surface area contributed by atoms with Crippen LogP contribution < -0.4 is 10.9 Å². The van der Waals surface area contributed by atoms with Gasteiger partial charge in [0.05, 0.1) is 0 Å². The minimum Gasteiger partial charge on any atom is -0.350 e. The van der Waals surface area contributed by atoms with Crippen LogP contribution in [-0.4, -0.2) is 17.4 Å². The highest BCUT2D eigenvalue weighted by Gasteiger charge is 2.09. The van der Waals surface area contributed by atoms with E-state index in [0.717, 1.165) is 0 Å². The fourth-order valence-corrected chi connectivity index (χ4v) is 1.82. The Kier molecular flexibility index (Phi) is 4.13. The van der Waals surface area contributed by atoms with Gasteiger partial charge in [0, 0.05) is 12.6 Å². The van der Waals surface area contributed by atoms with Crippen molar-refractivity contribution in [3.63, 3.8) is 0 Å². The largest absolute Gasteiger partial charge is 0.350 e. The third kappa shape index (κ3) is 3.55. The minimum atomic E-state index is -0.274. The van der Waals surface area contributed by atoms with Gasteiger partial charge in [-0.15, -0.1) is 0 Å². The predicted octanol–water partition coefficient (Wildman–Crippen LogP) is 1.91. The molecule has 1 amide bonds. The predicted molar refractivity (Wildman–Crippen MR) is 74.3 cm³/mol. The lowest BCUT2D eigenvalue weighted by atomic mass is 10.0. The zero-order valence-electron chi connectivity index (χ0n) is 10.7. The molecule has 4 nitrogen and oxygen atoms in total. The molecule has 1 atom stereocenters. The molecule has 1 aromatic carbocycles. The second-order valence-electron chi connectivity index (χ2n) is 4.45. The highest BCUT2D eigenvalue weighted by atomic mass is 16.2. The molecule has 0 radical (unpaired) electrons. The average Bonchev–Trinajstić information content (AvgIpc) is 2.45. The van der Waals surface area contributed by atoms with Crippen molar-refractivity contribution in [3.8, 4) is 0 Å². The van der Waals surface area contributed by atoms with E-state index in [-0.39, 0.29) is 23.1 Å². The maximum atomic E-state index is 11.9. The lowest BCUT2D eigenvalue weighted by Crippen LogP contribution is -2.29. The number of carbonyl (C=O) groups excluding carboxylic acids is 1. The van der Waals surface area contributed by atoms with Crippen LogP contribution in [0.15, 0.2) is 53.3 Å². The van der Waals surface area contributed by atoms with Crippen molar-refractivity contribution in [1.82, 2.24) is 10.3 Å². The first-order valence-corrected chi connectivity index (χ1v) is 6.19. The van der Waals surface area contributed by atoms with Crippen molar-refractivity contribution < 1.29 is 4.79 Å². The molecule has 0 fully saturated rings. The highest BCUT2D eigenvalue weighted by molar-refractivity contribution is 5.92. The molecule has 19 heavy (non-hydrogen) atoms. The van der Waals surface area contributed by atoms with Gasteiger partial charge in [-0.05, 0) is 17.5 Å². The van der Waals surface area contributed by atoms with Crippen molar-refractivity contribution in [3.05, 3.63) is 70.1 Å². The molecule has 4 heteroatoms. The van der Waals surface area contributed by atoms with Crippen LogP contribution in [-0.2, 0) is 0 Å². The number of pyridine rings is 1. The summed E-state index contributed by atoms with van der Waals surface area (Å²) >= 11 is 0. The number of carbonyl (C=O) groups is 1. The SMILES string of the molecule is CC(CNC(=O)c1cccc(=O)[nH]1)c1ccccc1. The molecule has 0 aliphatic carbocycles. The summed E-state index contributed by atoms with van der Waals surface area (Å²) in [7, 11) is 0. The van der Waals surface area contributed by atoms with Crippen molar-refractivity contribution in [2.45, 2.75) is 12.8 Å². The van der Waals surface area contributed by atoms with Crippen LogP contribution in [0.5, 0.6) is 0 Å². The summed E-state index contributed by atoms with van der Waals surface area (Å²) in [4.78, 5) is 25.5. The first-order valence-electron chi connectivity index (χ1n) is 6.19. The molecule has 0 bridgehead atoms. The normalized spacial score (nSPS) is 11.8. The molecule has 0 saturated heterocycles. The Balaban J connectivity index is 1.96. The maximum Gasteiger partial charge on any atom is 0.267 e. The Bertz CT molecular complexity index is 605. The van der Waals surface area contributed by atoms with Gasteiger partial charge >= 0.3 is 0 Å². The summed E-state index contributed by atoms with van der Waals surface area (Å²) in [5, 5.41) is 2.82. The van der Waals surface area contributed by atoms with Crippen LogP contribution in [0, 0.1) is 0 Å². The highest BCUT2D eigenvalue weighted by Crippen LogP contribution is 2.13. The van der Waals surface area contributed by atoms with E-state index in [9.17, 15) is 9.59 Å². The van der Waals surface area contributed by atoms with Crippen LogP contribution in [0.1, 0.15) is 28.9 Å². The van der Waals surface area contributed by atoms with Gasteiger partial charge in [-0.3, -0.25) is 9.59 Å². The van der Waals surface area contributed by atoms with E-state index in [0.29, 0.717) is 6.54 Å². The number of benzene rings is 1. The third-order valence-corrected chi connectivity index (χ3v) is 2.95. The molecule has 2 N–H and O–H groups in total. The molecule has 1 aromatic heterocycles. The maximum absolute atomic E-state index is 11.9. The van der Waals surface area contributed by atoms with E-state index >= 15 is 0 Å². The second kappa shape index (κ2) is 6.00.